The summed E-state index contributed by atoms with van der Waals surface area (Å²) in [5.74, 6) is 2.07. The average molecular weight is 359 g/mol. The van der Waals surface area contributed by atoms with E-state index in [9.17, 15) is 4.79 Å². The molecule has 25 heavy (non-hydrogen) atoms. The zero-order chi connectivity index (χ0) is 17.6. The molecular weight excluding hydrogens is 342 g/mol. The predicted molar refractivity (Wildman–Crippen MR) is 93.2 cm³/mol. The summed E-state index contributed by atoms with van der Waals surface area (Å²) in [7, 11) is 3.16. The molecule has 3 aromatic rings. The van der Waals surface area contributed by atoms with Crippen molar-refractivity contribution in [2.75, 3.05) is 20.8 Å². The molecule has 0 spiro atoms. The lowest BCUT2D eigenvalue weighted by molar-refractivity contribution is 0.0957. The Kier molecular flexibility index (Phi) is 5.30. The number of hydrogen-bond acceptors (Lipinski definition) is 7. The number of aromatic nitrogens is 2. The topological polar surface area (TPSA) is 86.5 Å². The van der Waals surface area contributed by atoms with E-state index in [0.29, 0.717) is 41.1 Å². The van der Waals surface area contributed by atoms with E-state index < -0.39 is 0 Å². The Morgan fingerprint density at radius 1 is 1.24 bits per heavy atom. The molecule has 2 heterocycles. The van der Waals surface area contributed by atoms with Crippen molar-refractivity contribution in [2.45, 2.75) is 6.42 Å². The molecule has 0 saturated carbocycles. The first kappa shape index (κ1) is 17.0. The van der Waals surface area contributed by atoms with Crippen LogP contribution in [0.1, 0.15) is 15.6 Å². The number of nitrogens with zero attached hydrogens (tertiary/aromatic N) is 2. The van der Waals surface area contributed by atoms with Crippen molar-refractivity contribution in [3.63, 3.8) is 0 Å². The number of rotatable bonds is 7. The maximum atomic E-state index is 11.9. The van der Waals surface area contributed by atoms with Gasteiger partial charge in [0.25, 0.3) is 5.91 Å². The summed E-state index contributed by atoms with van der Waals surface area (Å²) in [4.78, 5) is 16.9. The van der Waals surface area contributed by atoms with Crippen LogP contribution in [0.15, 0.2) is 40.2 Å². The second-order valence-corrected chi connectivity index (χ2v) is 6.04. The molecular formula is C17H17N3O4S. The Bertz CT molecular complexity index is 823. The highest BCUT2D eigenvalue weighted by molar-refractivity contribution is 7.12. The highest BCUT2D eigenvalue weighted by atomic mass is 32.1. The second-order valence-electron chi connectivity index (χ2n) is 5.10. The summed E-state index contributed by atoms with van der Waals surface area (Å²) < 4.78 is 15.7. The van der Waals surface area contributed by atoms with Crippen LogP contribution in [0.3, 0.4) is 0 Å². The maximum absolute atomic E-state index is 11.9. The van der Waals surface area contributed by atoms with Crippen molar-refractivity contribution in [2.24, 2.45) is 0 Å². The number of methoxy groups -OCH3 is 2. The fourth-order valence-electron chi connectivity index (χ4n) is 2.19. The summed E-state index contributed by atoms with van der Waals surface area (Å²) in [6, 6.07) is 8.99. The van der Waals surface area contributed by atoms with Crippen LogP contribution in [-0.4, -0.2) is 36.8 Å². The van der Waals surface area contributed by atoms with Crippen molar-refractivity contribution in [1.29, 1.82) is 0 Å². The molecule has 0 aliphatic rings. The number of carbonyl (C=O) groups is 1. The highest BCUT2D eigenvalue weighted by Gasteiger charge is 2.12. The SMILES string of the molecule is COc1cc(OC)cc(-c2noc(CCNC(=O)c3cccs3)n2)c1. The van der Waals surface area contributed by atoms with Gasteiger partial charge >= 0.3 is 0 Å². The summed E-state index contributed by atoms with van der Waals surface area (Å²) in [5.41, 5.74) is 0.730. The van der Waals surface area contributed by atoms with Gasteiger partial charge in [0.2, 0.25) is 11.7 Å². The first-order valence-electron chi connectivity index (χ1n) is 7.57. The first-order chi connectivity index (χ1) is 12.2. The van der Waals surface area contributed by atoms with Gasteiger partial charge in [0, 0.05) is 24.6 Å². The van der Waals surface area contributed by atoms with Gasteiger partial charge in [-0.1, -0.05) is 11.2 Å². The smallest absolute Gasteiger partial charge is 0.261 e. The Morgan fingerprint density at radius 3 is 2.64 bits per heavy atom. The summed E-state index contributed by atoms with van der Waals surface area (Å²) >= 11 is 1.40. The fraction of sp³-hybridized carbons (Fsp3) is 0.235. The molecule has 2 aromatic heterocycles. The van der Waals surface area contributed by atoms with Crippen LogP contribution in [0.25, 0.3) is 11.4 Å². The molecule has 0 fully saturated rings. The summed E-state index contributed by atoms with van der Waals surface area (Å²) in [5, 5.41) is 8.66. The molecule has 7 nitrogen and oxygen atoms in total. The van der Waals surface area contributed by atoms with E-state index in [2.05, 4.69) is 15.5 Å². The van der Waals surface area contributed by atoms with Crippen LogP contribution < -0.4 is 14.8 Å². The normalized spacial score (nSPS) is 10.5. The first-order valence-corrected chi connectivity index (χ1v) is 8.45. The molecule has 1 aromatic carbocycles. The fourth-order valence-corrected chi connectivity index (χ4v) is 2.83. The third-order valence-electron chi connectivity index (χ3n) is 3.45. The zero-order valence-corrected chi connectivity index (χ0v) is 14.6. The van der Waals surface area contributed by atoms with Crippen LogP contribution in [0.5, 0.6) is 11.5 Å². The van der Waals surface area contributed by atoms with E-state index in [1.54, 1.807) is 38.5 Å². The van der Waals surface area contributed by atoms with E-state index in [0.717, 1.165) is 5.56 Å². The van der Waals surface area contributed by atoms with E-state index in [-0.39, 0.29) is 5.91 Å². The molecule has 0 unspecified atom stereocenters. The molecule has 0 aliphatic heterocycles. The number of ether oxygens (including phenoxy) is 2. The van der Waals surface area contributed by atoms with Gasteiger partial charge in [-0.3, -0.25) is 4.79 Å². The van der Waals surface area contributed by atoms with Crippen molar-refractivity contribution in [1.82, 2.24) is 15.5 Å². The monoisotopic (exact) mass is 359 g/mol. The molecule has 1 amide bonds. The third-order valence-corrected chi connectivity index (χ3v) is 4.32. The van der Waals surface area contributed by atoms with E-state index in [1.165, 1.54) is 11.3 Å². The van der Waals surface area contributed by atoms with Crippen molar-refractivity contribution in [3.05, 3.63) is 46.5 Å². The molecule has 1 N–H and O–H groups in total. The van der Waals surface area contributed by atoms with E-state index in [4.69, 9.17) is 14.0 Å². The number of carbonyl (C=O) groups excluding carboxylic acids is 1. The zero-order valence-electron chi connectivity index (χ0n) is 13.8. The number of hydrogen-bond donors (Lipinski definition) is 1. The number of benzene rings is 1. The molecule has 0 bridgehead atoms. The number of thiophene rings is 1. The van der Waals surface area contributed by atoms with Gasteiger partial charge in [0.1, 0.15) is 11.5 Å². The third kappa shape index (κ3) is 4.16. The van der Waals surface area contributed by atoms with Crippen molar-refractivity contribution >= 4 is 17.2 Å². The van der Waals surface area contributed by atoms with Gasteiger partial charge in [-0.05, 0) is 23.6 Å². The van der Waals surface area contributed by atoms with Crippen LogP contribution in [-0.2, 0) is 6.42 Å². The minimum absolute atomic E-state index is 0.104. The largest absolute Gasteiger partial charge is 0.497 e. The standard InChI is InChI=1S/C17H17N3O4S/c1-22-12-8-11(9-13(10-12)23-2)16-19-15(24-20-16)5-6-18-17(21)14-4-3-7-25-14/h3-4,7-10H,5-6H2,1-2H3,(H,18,21). The summed E-state index contributed by atoms with van der Waals surface area (Å²) in [6.45, 7) is 0.416. The average Bonchev–Trinajstić information content (AvgIpc) is 3.33. The Balaban J connectivity index is 1.63. The number of amides is 1. The van der Waals surface area contributed by atoms with Gasteiger partial charge in [-0.15, -0.1) is 11.3 Å². The highest BCUT2D eigenvalue weighted by Crippen LogP contribution is 2.28. The molecule has 0 aliphatic carbocycles. The molecule has 0 atom stereocenters. The van der Waals surface area contributed by atoms with Crippen LogP contribution in [0, 0.1) is 0 Å². The molecule has 3 rings (SSSR count). The van der Waals surface area contributed by atoms with Gasteiger partial charge in [-0.25, -0.2) is 0 Å². The van der Waals surface area contributed by atoms with Crippen molar-refractivity contribution in [3.8, 4) is 22.9 Å². The molecule has 0 saturated heterocycles. The van der Waals surface area contributed by atoms with Gasteiger partial charge in [-0.2, -0.15) is 4.98 Å². The van der Waals surface area contributed by atoms with Gasteiger partial charge < -0.3 is 19.3 Å². The molecule has 8 heteroatoms. The van der Waals surface area contributed by atoms with Crippen LogP contribution in [0.4, 0.5) is 0 Å². The minimum Gasteiger partial charge on any atom is -0.497 e. The lowest BCUT2D eigenvalue weighted by atomic mass is 10.2. The van der Waals surface area contributed by atoms with E-state index >= 15 is 0 Å². The van der Waals surface area contributed by atoms with Crippen molar-refractivity contribution < 1.29 is 18.8 Å². The second kappa shape index (κ2) is 7.80. The predicted octanol–water partition coefficient (Wildman–Crippen LogP) is 2.79. The lowest BCUT2D eigenvalue weighted by Gasteiger charge is -2.05. The number of nitrogens with one attached hydrogen (secondary N) is 1. The Morgan fingerprint density at radius 2 is 2.00 bits per heavy atom. The molecule has 130 valence electrons. The Hall–Kier alpha value is -2.87. The minimum atomic E-state index is -0.104. The quantitative estimate of drug-likeness (QED) is 0.698. The lowest BCUT2D eigenvalue weighted by Crippen LogP contribution is -2.24. The Labute approximate surface area is 148 Å². The van der Waals surface area contributed by atoms with E-state index in [1.807, 2.05) is 11.4 Å². The summed E-state index contributed by atoms with van der Waals surface area (Å²) in [6.07, 6.45) is 0.450. The molecule has 0 radical (unpaired) electrons. The van der Waals surface area contributed by atoms with Crippen LogP contribution in [0.2, 0.25) is 0 Å². The van der Waals surface area contributed by atoms with Gasteiger partial charge in [0.15, 0.2) is 0 Å². The maximum Gasteiger partial charge on any atom is 0.261 e. The van der Waals surface area contributed by atoms with Gasteiger partial charge in [0.05, 0.1) is 19.1 Å². The van der Waals surface area contributed by atoms with Crippen LogP contribution >= 0.6 is 11.3 Å².